The van der Waals surface area contributed by atoms with Gasteiger partial charge in [-0.15, -0.1) is 0 Å². The molecule has 1 aromatic carbocycles. The van der Waals surface area contributed by atoms with Crippen molar-refractivity contribution in [3.8, 4) is 0 Å². The molecule has 0 fully saturated rings. The first-order chi connectivity index (χ1) is 14.2. The molecule has 6 nitrogen and oxygen atoms in total. The van der Waals surface area contributed by atoms with Crippen molar-refractivity contribution in [1.29, 1.82) is 0 Å². The lowest BCUT2D eigenvalue weighted by Gasteiger charge is -2.30. The Morgan fingerprint density at radius 1 is 1.23 bits per heavy atom. The molecule has 0 aromatic heterocycles. The van der Waals surface area contributed by atoms with Gasteiger partial charge in [0.15, 0.2) is 0 Å². The predicted octanol–water partition coefficient (Wildman–Crippen LogP) is 4.80. The standard InChI is InChI=1S/C24H37NO5/c1-7-29-18(2)15-28-16-19-8-9-22(21(14-19)17-27-6)20-10-12-25(13-11-20)23(26)30-24(3,4)5/h8-10,14,18H,7,11-13,15-17H2,1-6H3. The molecule has 0 spiro atoms. The summed E-state index contributed by atoms with van der Waals surface area (Å²) in [6.07, 6.45) is 2.73. The van der Waals surface area contributed by atoms with Crippen molar-refractivity contribution in [1.82, 2.24) is 4.90 Å². The Morgan fingerprint density at radius 2 is 2.00 bits per heavy atom. The van der Waals surface area contributed by atoms with Crippen LogP contribution in [0.1, 0.15) is 57.7 Å². The third kappa shape index (κ3) is 7.74. The molecule has 0 N–H and O–H groups in total. The number of nitrogens with zero attached hydrogens (tertiary/aromatic N) is 1. The molecule has 1 heterocycles. The van der Waals surface area contributed by atoms with Gasteiger partial charge in [-0.05, 0) is 63.3 Å². The van der Waals surface area contributed by atoms with E-state index >= 15 is 0 Å². The summed E-state index contributed by atoms with van der Waals surface area (Å²) in [5, 5.41) is 0. The van der Waals surface area contributed by atoms with Crippen molar-refractivity contribution in [2.75, 3.05) is 33.4 Å². The van der Waals surface area contributed by atoms with Gasteiger partial charge in [-0.2, -0.15) is 0 Å². The Balaban J connectivity index is 2.03. The van der Waals surface area contributed by atoms with E-state index in [1.54, 1.807) is 12.0 Å². The molecule has 1 amide bonds. The maximum Gasteiger partial charge on any atom is 0.410 e. The summed E-state index contributed by atoms with van der Waals surface area (Å²) in [6.45, 7) is 13.2. The van der Waals surface area contributed by atoms with Crippen molar-refractivity contribution >= 4 is 11.7 Å². The fraction of sp³-hybridized carbons (Fsp3) is 0.625. The molecular formula is C24H37NO5. The smallest absolute Gasteiger partial charge is 0.410 e. The van der Waals surface area contributed by atoms with Crippen LogP contribution in [0.25, 0.3) is 5.57 Å². The van der Waals surface area contributed by atoms with Gasteiger partial charge >= 0.3 is 6.09 Å². The number of carbonyl (C=O) groups excluding carboxylic acids is 1. The van der Waals surface area contributed by atoms with Gasteiger partial charge in [-0.1, -0.05) is 24.3 Å². The second-order valence-corrected chi connectivity index (χ2v) is 8.61. The largest absolute Gasteiger partial charge is 0.444 e. The molecule has 0 saturated carbocycles. The van der Waals surface area contributed by atoms with Crippen LogP contribution in [-0.2, 0) is 32.2 Å². The number of hydrogen-bond donors (Lipinski definition) is 0. The molecular weight excluding hydrogens is 382 g/mol. The Kier molecular flexibility index (Phi) is 9.34. The first kappa shape index (κ1) is 24.4. The normalized spacial score (nSPS) is 15.7. The van der Waals surface area contributed by atoms with E-state index in [4.69, 9.17) is 18.9 Å². The van der Waals surface area contributed by atoms with Crippen LogP contribution in [0.2, 0.25) is 0 Å². The molecule has 0 saturated heterocycles. The van der Waals surface area contributed by atoms with Crippen molar-refractivity contribution in [2.45, 2.75) is 66.0 Å². The van der Waals surface area contributed by atoms with Crippen LogP contribution in [0.15, 0.2) is 24.3 Å². The summed E-state index contributed by atoms with van der Waals surface area (Å²) in [5.74, 6) is 0. The average Bonchev–Trinajstić information content (AvgIpc) is 2.67. The van der Waals surface area contributed by atoms with E-state index in [0.717, 1.165) is 17.5 Å². The van der Waals surface area contributed by atoms with E-state index in [2.05, 4.69) is 24.3 Å². The number of hydrogen-bond acceptors (Lipinski definition) is 5. The molecule has 168 valence electrons. The number of amides is 1. The quantitative estimate of drug-likeness (QED) is 0.575. The Morgan fingerprint density at radius 3 is 2.60 bits per heavy atom. The summed E-state index contributed by atoms with van der Waals surface area (Å²) >= 11 is 0. The Bertz CT molecular complexity index is 723. The second-order valence-electron chi connectivity index (χ2n) is 8.61. The number of carbonyl (C=O) groups is 1. The first-order valence-electron chi connectivity index (χ1n) is 10.7. The second kappa shape index (κ2) is 11.5. The van der Waals surface area contributed by atoms with Crippen LogP contribution >= 0.6 is 0 Å². The van der Waals surface area contributed by atoms with E-state index in [-0.39, 0.29) is 12.2 Å². The molecule has 0 radical (unpaired) electrons. The summed E-state index contributed by atoms with van der Waals surface area (Å²) in [4.78, 5) is 14.0. The molecule has 1 unspecified atom stereocenters. The molecule has 1 atom stereocenters. The number of methoxy groups -OCH3 is 1. The lowest BCUT2D eigenvalue weighted by Crippen LogP contribution is -2.39. The highest BCUT2D eigenvalue weighted by Gasteiger charge is 2.24. The van der Waals surface area contributed by atoms with Crippen LogP contribution in [0.4, 0.5) is 4.79 Å². The number of benzene rings is 1. The number of rotatable bonds is 9. The fourth-order valence-electron chi connectivity index (χ4n) is 3.41. The fourth-order valence-corrected chi connectivity index (χ4v) is 3.41. The van der Waals surface area contributed by atoms with Gasteiger partial charge in [0.05, 0.1) is 25.9 Å². The molecule has 1 aliphatic rings. The molecule has 1 aromatic rings. The van der Waals surface area contributed by atoms with E-state index in [1.807, 2.05) is 34.6 Å². The highest BCUT2D eigenvalue weighted by molar-refractivity contribution is 5.74. The SMILES string of the molecule is CCOC(C)COCc1ccc(C2=CCN(C(=O)OC(C)(C)C)CC2)c(COC)c1. The van der Waals surface area contributed by atoms with Gasteiger partial charge < -0.3 is 23.8 Å². The van der Waals surface area contributed by atoms with E-state index < -0.39 is 5.60 Å². The molecule has 0 bridgehead atoms. The minimum Gasteiger partial charge on any atom is -0.444 e. The topological polar surface area (TPSA) is 57.2 Å². The average molecular weight is 420 g/mol. The minimum absolute atomic E-state index is 0.0908. The molecule has 2 rings (SSSR count). The van der Waals surface area contributed by atoms with E-state index in [0.29, 0.717) is 39.5 Å². The maximum atomic E-state index is 12.3. The lowest BCUT2D eigenvalue weighted by atomic mass is 9.94. The summed E-state index contributed by atoms with van der Waals surface area (Å²) in [7, 11) is 1.70. The zero-order valence-corrected chi connectivity index (χ0v) is 19.3. The lowest BCUT2D eigenvalue weighted by molar-refractivity contribution is -0.00715. The van der Waals surface area contributed by atoms with Gasteiger partial charge in [0.2, 0.25) is 0 Å². The molecule has 0 aliphatic carbocycles. The van der Waals surface area contributed by atoms with Crippen molar-refractivity contribution in [3.63, 3.8) is 0 Å². The summed E-state index contributed by atoms with van der Waals surface area (Å²) < 4.78 is 22.2. The molecule has 30 heavy (non-hydrogen) atoms. The zero-order valence-electron chi connectivity index (χ0n) is 19.3. The van der Waals surface area contributed by atoms with Gasteiger partial charge in [0.1, 0.15) is 5.60 Å². The van der Waals surface area contributed by atoms with Crippen LogP contribution < -0.4 is 0 Å². The Labute approximate surface area is 181 Å². The minimum atomic E-state index is -0.481. The van der Waals surface area contributed by atoms with Gasteiger partial charge in [-0.3, -0.25) is 0 Å². The predicted molar refractivity (Wildman–Crippen MR) is 118 cm³/mol. The van der Waals surface area contributed by atoms with Crippen molar-refractivity contribution in [3.05, 3.63) is 41.0 Å². The third-order valence-corrected chi connectivity index (χ3v) is 4.75. The van der Waals surface area contributed by atoms with E-state index in [1.165, 1.54) is 11.1 Å². The van der Waals surface area contributed by atoms with Crippen LogP contribution in [-0.4, -0.2) is 56.1 Å². The zero-order chi connectivity index (χ0) is 22.1. The van der Waals surface area contributed by atoms with E-state index in [9.17, 15) is 4.79 Å². The van der Waals surface area contributed by atoms with Gasteiger partial charge in [0, 0.05) is 26.8 Å². The molecule has 6 heteroatoms. The number of ether oxygens (including phenoxy) is 4. The summed E-state index contributed by atoms with van der Waals surface area (Å²) in [6, 6.07) is 6.38. The first-order valence-corrected chi connectivity index (χ1v) is 10.7. The Hall–Kier alpha value is -1.89. The van der Waals surface area contributed by atoms with Crippen LogP contribution in [0, 0.1) is 0 Å². The third-order valence-electron chi connectivity index (χ3n) is 4.75. The summed E-state index contributed by atoms with van der Waals surface area (Å²) in [5.41, 5.74) is 4.17. The van der Waals surface area contributed by atoms with Crippen molar-refractivity contribution < 1.29 is 23.7 Å². The molecule has 1 aliphatic heterocycles. The van der Waals surface area contributed by atoms with Gasteiger partial charge in [0.25, 0.3) is 0 Å². The highest BCUT2D eigenvalue weighted by atomic mass is 16.6. The van der Waals surface area contributed by atoms with Crippen LogP contribution in [0.3, 0.4) is 0 Å². The van der Waals surface area contributed by atoms with Crippen LogP contribution in [0.5, 0.6) is 0 Å². The van der Waals surface area contributed by atoms with Crippen molar-refractivity contribution in [2.24, 2.45) is 0 Å². The van der Waals surface area contributed by atoms with Gasteiger partial charge in [-0.25, -0.2) is 4.79 Å². The monoisotopic (exact) mass is 419 g/mol. The highest BCUT2D eigenvalue weighted by Crippen LogP contribution is 2.28. The maximum absolute atomic E-state index is 12.3.